The van der Waals surface area contributed by atoms with E-state index in [0.29, 0.717) is 22.1 Å². The van der Waals surface area contributed by atoms with E-state index in [1.807, 2.05) is 24.5 Å². The lowest BCUT2D eigenvalue weighted by atomic mass is 9.87. The van der Waals surface area contributed by atoms with Gasteiger partial charge in [-0.1, -0.05) is 6.07 Å². The van der Waals surface area contributed by atoms with Gasteiger partial charge in [-0.15, -0.1) is 11.8 Å². The van der Waals surface area contributed by atoms with Gasteiger partial charge in [0.1, 0.15) is 0 Å². The summed E-state index contributed by atoms with van der Waals surface area (Å²) in [6.45, 7) is 0.209. The van der Waals surface area contributed by atoms with Crippen molar-refractivity contribution in [2.75, 3.05) is 13.0 Å². The third kappa shape index (κ3) is 2.10. The predicted molar refractivity (Wildman–Crippen MR) is 74.2 cm³/mol. The van der Waals surface area contributed by atoms with E-state index in [9.17, 15) is 10.1 Å². The number of amides is 1. The SMILES string of the molecule is CSC1=C(C#N)C(c2ccc3c(c2)OCO3)CC(=O)N1. The first kappa shape index (κ1) is 12.9. The number of hydrogen-bond acceptors (Lipinski definition) is 5. The molecule has 1 amide bonds. The summed E-state index contributed by atoms with van der Waals surface area (Å²) in [7, 11) is 0. The second-order valence-corrected chi connectivity index (χ2v) is 5.29. The standard InChI is InChI=1S/C14H12N2O3S/c1-20-14-10(6-15)9(5-13(17)16-14)8-2-3-11-12(4-8)19-7-18-11/h2-4,9H,5,7H2,1H3,(H,16,17). The molecule has 1 N–H and O–H groups in total. The average molecular weight is 288 g/mol. The highest BCUT2D eigenvalue weighted by atomic mass is 32.2. The van der Waals surface area contributed by atoms with Crippen molar-refractivity contribution >= 4 is 17.7 Å². The molecule has 0 bridgehead atoms. The summed E-state index contributed by atoms with van der Waals surface area (Å²) in [5.74, 6) is 1.06. The molecule has 0 aromatic heterocycles. The Bertz CT molecular complexity index is 648. The van der Waals surface area contributed by atoms with Crippen LogP contribution in [0.4, 0.5) is 0 Å². The molecule has 0 saturated heterocycles. The van der Waals surface area contributed by atoms with Crippen molar-refractivity contribution < 1.29 is 14.3 Å². The number of thioether (sulfide) groups is 1. The molecule has 2 aliphatic rings. The van der Waals surface area contributed by atoms with E-state index in [-0.39, 0.29) is 25.0 Å². The minimum atomic E-state index is -0.231. The summed E-state index contributed by atoms with van der Waals surface area (Å²) in [4.78, 5) is 11.8. The molecule has 5 nitrogen and oxygen atoms in total. The lowest BCUT2D eigenvalue weighted by Gasteiger charge is -2.24. The Kier molecular flexibility index (Phi) is 3.28. The normalized spacial score (nSPS) is 20.6. The van der Waals surface area contributed by atoms with Gasteiger partial charge in [-0.3, -0.25) is 4.79 Å². The summed E-state index contributed by atoms with van der Waals surface area (Å²) in [5.41, 5.74) is 1.49. The number of ether oxygens (including phenoxy) is 2. The average Bonchev–Trinajstić information content (AvgIpc) is 2.93. The molecule has 0 radical (unpaired) electrons. The highest BCUT2D eigenvalue weighted by molar-refractivity contribution is 8.02. The second-order valence-electron chi connectivity index (χ2n) is 4.48. The summed E-state index contributed by atoms with van der Waals surface area (Å²) >= 11 is 1.38. The Hall–Kier alpha value is -2.13. The molecule has 1 atom stereocenters. The first-order valence-electron chi connectivity index (χ1n) is 6.10. The number of allylic oxidation sites excluding steroid dienone is 1. The molecular weight excluding hydrogens is 276 g/mol. The van der Waals surface area contributed by atoms with Crippen LogP contribution in [0.1, 0.15) is 17.9 Å². The summed E-state index contributed by atoms with van der Waals surface area (Å²) < 4.78 is 10.6. The van der Waals surface area contributed by atoms with Crippen LogP contribution in [-0.4, -0.2) is 19.0 Å². The Morgan fingerprint density at radius 2 is 2.20 bits per heavy atom. The number of fused-ring (bicyclic) bond motifs is 1. The fourth-order valence-electron chi connectivity index (χ4n) is 2.39. The maximum atomic E-state index is 11.8. The zero-order chi connectivity index (χ0) is 14.1. The minimum absolute atomic E-state index is 0.0731. The number of nitrogens with zero attached hydrogens (tertiary/aromatic N) is 1. The topological polar surface area (TPSA) is 71.3 Å². The Morgan fingerprint density at radius 3 is 2.95 bits per heavy atom. The van der Waals surface area contributed by atoms with Gasteiger partial charge in [0.2, 0.25) is 12.7 Å². The van der Waals surface area contributed by atoms with Crippen molar-refractivity contribution in [1.82, 2.24) is 5.32 Å². The fraction of sp³-hybridized carbons (Fsp3) is 0.286. The number of rotatable bonds is 2. The first-order valence-corrected chi connectivity index (χ1v) is 7.33. The van der Waals surface area contributed by atoms with Crippen LogP contribution in [0.3, 0.4) is 0 Å². The monoisotopic (exact) mass is 288 g/mol. The maximum Gasteiger partial charge on any atom is 0.231 e. The molecule has 102 valence electrons. The number of nitrogens with one attached hydrogen (secondary N) is 1. The smallest absolute Gasteiger partial charge is 0.231 e. The van der Waals surface area contributed by atoms with E-state index in [0.717, 1.165) is 5.56 Å². The minimum Gasteiger partial charge on any atom is -0.454 e. The number of benzene rings is 1. The van der Waals surface area contributed by atoms with Crippen molar-refractivity contribution in [2.45, 2.75) is 12.3 Å². The van der Waals surface area contributed by atoms with Crippen LogP contribution in [0, 0.1) is 11.3 Å². The molecule has 1 unspecified atom stereocenters. The molecule has 20 heavy (non-hydrogen) atoms. The van der Waals surface area contributed by atoms with E-state index < -0.39 is 0 Å². The van der Waals surface area contributed by atoms with Gasteiger partial charge < -0.3 is 14.8 Å². The zero-order valence-electron chi connectivity index (χ0n) is 10.8. The van der Waals surface area contributed by atoms with Gasteiger partial charge in [0, 0.05) is 12.3 Å². The van der Waals surface area contributed by atoms with E-state index in [2.05, 4.69) is 11.4 Å². The van der Waals surface area contributed by atoms with Crippen molar-refractivity contribution in [2.24, 2.45) is 0 Å². The van der Waals surface area contributed by atoms with Crippen LogP contribution in [0.15, 0.2) is 28.8 Å². The number of carbonyl (C=O) groups excluding carboxylic acids is 1. The quantitative estimate of drug-likeness (QED) is 0.902. The Morgan fingerprint density at radius 1 is 1.40 bits per heavy atom. The van der Waals surface area contributed by atoms with Crippen LogP contribution in [0.25, 0.3) is 0 Å². The van der Waals surface area contributed by atoms with Crippen molar-refractivity contribution in [3.8, 4) is 17.6 Å². The molecule has 0 spiro atoms. The molecule has 0 saturated carbocycles. The van der Waals surface area contributed by atoms with Crippen molar-refractivity contribution in [3.05, 3.63) is 34.4 Å². The van der Waals surface area contributed by atoms with Gasteiger partial charge in [-0.2, -0.15) is 5.26 Å². The van der Waals surface area contributed by atoms with Gasteiger partial charge in [0.25, 0.3) is 0 Å². The summed E-state index contributed by atoms with van der Waals surface area (Å²) in [6, 6.07) is 7.76. The molecule has 3 rings (SSSR count). The lowest BCUT2D eigenvalue weighted by molar-refractivity contribution is -0.120. The molecule has 6 heteroatoms. The molecular formula is C14H12N2O3S. The van der Waals surface area contributed by atoms with E-state index in [1.165, 1.54) is 11.8 Å². The van der Waals surface area contributed by atoms with Gasteiger partial charge >= 0.3 is 0 Å². The third-order valence-electron chi connectivity index (χ3n) is 3.36. The summed E-state index contributed by atoms with van der Waals surface area (Å²) in [6.07, 6.45) is 2.11. The van der Waals surface area contributed by atoms with Gasteiger partial charge in [0.05, 0.1) is 16.7 Å². The summed E-state index contributed by atoms with van der Waals surface area (Å²) in [5, 5.41) is 12.8. The van der Waals surface area contributed by atoms with Crippen molar-refractivity contribution in [3.63, 3.8) is 0 Å². The first-order chi connectivity index (χ1) is 9.72. The maximum absolute atomic E-state index is 11.8. The zero-order valence-corrected chi connectivity index (χ0v) is 11.6. The highest BCUT2D eigenvalue weighted by Gasteiger charge is 2.30. The van der Waals surface area contributed by atoms with Crippen LogP contribution in [0.5, 0.6) is 11.5 Å². The lowest BCUT2D eigenvalue weighted by Crippen LogP contribution is -2.30. The van der Waals surface area contributed by atoms with Gasteiger partial charge in [-0.05, 0) is 24.0 Å². The number of nitriles is 1. The number of hydrogen-bond donors (Lipinski definition) is 1. The van der Waals surface area contributed by atoms with Crippen LogP contribution < -0.4 is 14.8 Å². The second kappa shape index (κ2) is 5.10. The predicted octanol–water partition coefficient (Wildman–Crippen LogP) is 2.12. The van der Waals surface area contributed by atoms with E-state index in [1.54, 1.807) is 0 Å². The highest BCUT2D eigenvalue weighted by Crippen LogP contribution is 2.40. The van der Waals surface area contributed by atoms with E-state index in [4.69, 9.17) is 9.47 Å². The van der Waals surface area contributed by atoms with Crippen LogP contribution in [-0.2, 0) is 4.79 Å². The van der Waals surface area contributed by atoms with Crippen LogP contribution >= 0.6 is 11.8 Å². The number of carbonyl (C=O) groups is 1. The molecule has 1 aromatic rings. The molecule has 2 heterocycles. The van der Waals surface area contributed by atoms with Crippen LogP contribution in [0.2, 0.25) is 0 Å². The Labute approximate surface area is 120 Å². The molecule has 0 fully saturated rings. The molecule has 2 aliphatic heterocycles. The third-order valence-corrected chi connectivity index (χ3v) is 4.09. The largest absolute Gasteiger partial charge is 0.454 e. The van der Waals surface area contributed by atoms with Gasteiger partial charge in [-0.25, -0.2) is 0 Å². The van der Waals surface area contributed by atoms with Gasteiger partial charge in [0.15, 0.2) is 11.5 Å². The Balaban J connectivity index is 2.04. The molecule has 0 aliphatic carbocycles. The van der Waals surface area contributed by atoms with E-state index >= 15 is 0 Å². The van der Waals surface area contributed by atoms with Crippen molar-refractivity contribution in [1.29, 1.82) is 5.26 Å². The fourth-order valence-corrected chi connectivity index (χ4v) is 3.02. The molecule has 1 aromatic carbocycles.